The fourth-order valence-electron chi connectivity index (χ4n) is 1.82. The lowest BCUT2D eigenvalue weighted by molar-refractivity contribution is 0.553. The highest BCUT2D eigenvalue weighted by atomic mass is 32.2. The van der Waals surface area contributed by atoms with Gasteiger partial charge in [-0.1, -0.05) is 12.1 Å². The minimum absolute atomic E-state index is 0.0371. The van der Waals surface area contributed by atoms with Gasteiger partial charge in [0.25, 0.3) is 0 Å². The highest BCUT2D eigenvalue weighted by Crippen LogP contribution is 2.12. The molecule has 0 aromatic heterocycles. The highest BCUT2D eigenvalue weighted by molar-refractivity contribution is 7.91. The monoisotopic (exact) mass is 243 g/mol. The number of rotatable bonds is 3. The Kier molecular flexibility index (Phi) is 3.25. The molecule has 0 spiro atoms. The largest absolute Gasteiger partial charge is 0.309 e. The molecule has 0 amide bonds. The first-order valence-corrected chi connectivity index (χ1v) is 7.05. The van der Waals surface area contributed by atoms with Crippen molar-refractivity contribution in [2.24, 2.45) is 0 Å². The van der Waals surface area contributed by atoms with E-state index in [0.717, 1.165) is 5.56 Å². The third kappa shape index (κ3) is 3.02. The van der Waals surface area contributed by atoms with Crippen LogP contribution in [0.3, 0.4) is 0 Å². The molecule has 1 aliphatic rings. The van der Waals surface area contributed by atoms with E-state index < -0.39 is 9.84 Å². The normalized spacial score (nSPS) is 23.4. The molecule has 1 atom stereocenters. The van der Waals surface area contributed by atoms with Gasteiger partial charge in [-0.2, -0.15) is 0 Å². The Morgan fingerprint density at radius 2 is 2.00 bits per heavy atom. The molecule has 0 bridgehead atoms. The van der Waals surface area contributed by atoms with Gasteiger partial charge in [-0.3, -0.25) is 0 Å². The summed E-state index contributed by atoms with van der Waals surface area (Å²) in [6.45, 7) is 0.584. The van der Waals surface area contributed by atoms with E-state index in [-0.39, 0.29) is 23.4 Å². The van der Waals surface area contributed by atoms with Gasteiger partial charge in [0.2, 0.25) is 0 Å². The van der Waals surface area contributed by atoms with Gasteiger partial charge in [0.1, 0.15) is 5.82 Å². The van der Waals surface area contributed by atoms with Gasteiger partial charge in [0, 0.05) is 12.6 Å². The highest BCUT2D eigenvalue weighted by Gasteiger charge is 2.27. The first-order chi connectivity index (χ1) is 7.55. The van der Waals surface area contributed by atoms with Crippen molar-refractivity contribution in [1.82, 2.24) is 5.32 Å². The minimum atomic E-state index is -2.83. The molecule has 1 aromatic carbocycles. The molecule has 1 fully saturated rings. The summed E-state index contributed by atoms with van der Waals surface area (Å²) in [5.41, 5.74) is 0.964. The Bertz CT molecular complexity index is 455. The Hall–Kier alpha value is -0.940. The zero-order valence-corrected chi connectivity index (χ0v) is 9.63. The lowest BCUT2D eigenvalue weighted by Gasteiger charge is -2.10. The predicted octanol–water partition coefficient (Wildman–Crippen LogP) is 1.10. The summed E-state index contributed by atoms with van der Waals surface area (Å²) in [7, 11) is -2.83. The molecule has 0 saturated carbocycles. The van der Waals surface area contributed by atoms with E-state index in [2.05, 4.69) is 5.32 Å². The molecule has 2 rings (SSSR count). The summed E-state index contributed by atoms with van der Waals surface area (Å²) >= 11 is 0. The van der Waals surface area contributed by atoms with E-state index in [1.165, 1.54) is 12.1 Å². The van der Waals surface area contributed by atoms with Crippen LogP contribution >= 0.6 is 0 Å². The van der Waals surface area contributed by atoms with E-state index in [1.807, 2.05) is 0 Å². The number of halogens is 1. The maximum atomic E-state index is 12.6. The number of sulfone groups is 1. The molecule has 1 N–H and O–H groups in total. The molecular weight excluding hydrogens is 229 g/mol. The van der Waals surface area contributed by atoms with Crippen LogP contribution in [0.15, 0.2) is 24.3 Å². The van der Waals surface area contributed by atoms with Gasteiger partial charge in [-0.05, 0) is 24.1 Å². The Morgan fingerprint density at radius 1 is 1.31 bits per heavy atom. The summed E-state index contributed by atoms with van der Waals surface area (Å²) in [5, 5.41) is 3.17. The van der Waals surface area contributed by atoms with Crippen molar-refractivity contribution in [2.75, 3.05) is 11.5 Å². The molecule has 3 nitrogen and oxygen atoms in total. The second-order valence-corrected chi connectivity index (χ2v) is 6.34. The van der Waals surface area contributed by atoms with Crippen LogP contribution in [0.2, 0.25) is 0 Å². The van der Waals surface area contributed by atoms with Gasteiger partial charge in [-0.25, -0.2) is 12.8 Å². The van der Waals surface area contributed by atoms with Crippen molar-refractivity contribution >= 4 is 9.84 Å². The molecule has 1 aromatic rings. The lowest BCUT2D eigenvalue weighted by atomic mass is 10.2. The van der Waals surface area contributed by atoms with Crippen molar-refractivity contribution in [3.63, 3.8) is 0 Å². The average Bonchev–Trinajstić information content (AvgIpc) is 2.58. The molecule has 88 valence electrons. The maximum Gasteiger partial charge on any atom is 0.151 e. The fraction of sp³-hybridized carbons (Fsp3) is 0.455. The smallest absolute Gasteiger partial charge is 0.151 e. The van der Waals surface area contributed by atoms with Crippen LogP contribution in [0, 0.1) is 5.82 Å². The van der Waals surface area contributed by atoms with Crippen LogP contribution in [-0.2, 0) is 16.4 Å². The second-order valence-electron chi connectivity index (χ2n) is 4.11. The van der Waals surface area contributed by atoms with Gasteiger partial charge >= 0.3 is 0 Å². The van der Waals surface area contributed by atoms with Crippen molar-refractivity contribution in [1.29, 1.82) is 0 Å². The van der Waals surface area contributed by atoms with Crippen molar-refractivity contribution in [3.8, 4) is 0 Å². The summed E-state index contributed by atoms with van der Waals surface area (Å²) in [6, 6.07) is 6.25. The zero-order chi connectivity index (χ0) is 11.6. The van der Waals surface area contributed by atoms with E-state index in [4.69, 9.17) is 0 Å². The molecule has 1 saturated heterocycles. The Balaban J connectivity index is 1.87. The number of benzene rings is 1. The first kappa shape index (κ1) is 11.5. The molecule has 5 heteroatoms. The quantitative estimate of drug-likeness (QED) is 0.864. The van der Waals surface area contributed by atoms with Gasteiger partial charge < -0.3 is 5.32 Å². The molecular formula is C11H14FNO2S. The van der Waals surface area contributed by atoms with Crippen LogP contribution in [0.5, 0.6) is 0 Å². The number of hydrogen-bond acceptors (Lipinski definition) is 3. The maximum absolute atomic E-state index is 12.6. The zero-order valence-electron chi connectivity index (χ0n) is 8.82. The van der Waals surface area contributed by atoms with E-state index in [9.17, 15) is 12.8 Å². The Labute approximate surface area is 94.6 Å². The van der Waals surface area contributed by atoms with E-state index >= 15 is 0 Å². The van der Waals surface area contributed by atoms with Crippen LogP contribution in [0.25, 0.3) is 0 Å². The average molecular weight is 243 g/mol. The summed E-state index contributed by atoms with van der Waals surface area (Å²) < 4.78 is 35.0. The molecule has 1 aliphatic heterocycles. The lowest BCUT2D eigenvalue weighted by Crippen LogP contribution is -2.29. The summed E-state index contributed by atoms with van der Waals surface area (Å²) in [6.07, 6.45) is 0.670. The fourth-order valence-corrected chi connectivity index (χ4v) is 3.53. The molecule has 1 heterocycles. The van der Waals surface area contributed by atoms with Crippen LogP contribution in [0.1, 0.15) is 12.0 Å². The number of hydrogen-bond donors (Lipinski definition) is 1. The third-order valence-corrected chi connectivity index (χ3v) is 4.51. The molecule has 1 unspecified atom stereocenters. The topological polar surface area (TPSA) is 46.2 Å². The van der Waals surface area contributed by atoms with Crippen LogP contribution in [0.4, 0.5) is 4.39 Å². The van der Waals surface area contributed by atoms with Crippen LogP contribution < -0.4 is 5.32 Å². The van der Waals surface area contributed by atoms with Crippen molar-refractivity contribution < 1.29 is 12.8 Å². The number of nitrogens with one attached hydrogen (secondary N) is 1. The standard InChI is InChI=1S/C11H14FNO2S/c12-10-3-1-9(2-4-10)7-13-11-5-6-16(14,15)8-11/h1-4,11,13H,5-8H2. The molecule has 0 radical (unpaired) electrons. The van der Waals surface area contributed by atoms with E-state index in [1.54, 1.807) is 12.1 Å². The minimum Gasteiger partial charge on any atom is -0.309 e. The summed E-state index contributed by atoms with van der Waals surface area (Å²) in [5.74, 6) is 0.231. The van der Waals surface area contributed by atoms with Gasteiger partial charge in [0.05, 0.1) is 11.5 Å². The molecule has 0 aliphatic carbocycles. The van der Waals surface area contributed by atoms with Crippen molar-refractivity contribution in [3.05, 3.63) is 35.6 Å². The van der Waals surface area contributed by atoms with E-state index in [0.29, 0.717) is 13.0 Å². The van der Waals surface area contributed by atoms with Crippen LogP contribution in [-0.4, -0.2) is 26.0 Å². The Morgan fingerprint density at radius 3 is 2.56 bits per heavy atom. The molecule has 16 heavy (non-hydrogen) atoms. The first-order valence-electron chi connectivity index (χ1n) is 5.23. The second kappa shape index (κ2) is 4.51. The van der Waals surface area contributed by atoms with Gasteiger partial charge in [-0.15, -0.1) is 0 Å². The third-order valence-electron chi connectivity index (χ3n) is 2.74. The van der Waals surface area contributed by atoms with Crippen molar-refractivity contribution in [2.45, 2.75) is 19.0 Å². The van der Waals surface area contributed by atoms with Gasteiger partial charge in [0.15, 0.2) is 9.84 Å². The summed E-state index contributed by atoms with van der Waals surface area (Å²) in [4.78, 5) is 0. The SMILES string of the molecule is O=S1(=O)CCC(NCc2ccc(F)cc2)C1. The predicted molar refractivity (Wildman–Crippen MR) is 60.3 cm³/mol.